The number of hydrogen-bond donors (Lipinski definition) is 0. The van der Waals surface area contributed by atoms with E-state index in [1.807, 2.05) is 19.9 Å². The Hall–Kier alpha value is -0.440. The molecule has 1 aliphatic rings. The molecular formula is C9H12NO2PS. The summed E-state index contributed by atoms with van der Waals surface area (Å²) in [5.74, 6) is 0.659. The number of nitrogens with zero attached hydrogens (tertiary/aromatic N) is 1. The van der Waals surface area contributed by atoms with Crippen LogP contribution in [0.15, 0.2) is 12.3 Å². The van der Waals surface area contributed by atoms with Crippen molar-refractivity contribution < 1.29 is 9.05 Å². The smallest absolute Gasteiger partial charge is 0.239 e. The van der Waals surface area contributed by atoms with Crippen LogP contribution in [-0.2, 0) is 22.9 Å². The first-order valence-electron chi connectivity index (χ1n) is 4.52. The normalized spacial score (nSPS) is 25.3. The zero-order valence-corrected chi connectivity index (χ0v) is 9.90. The van der Waals surface area contributed by atoms with E-state index >= 15 is 0 Å². The topological polar surface area (TPSA) is 31.4 Å². The van der Waals surface area contributed by atoms with Gasteiger partial charge in [0.05, 0.1) is 6.61 Å². The molecule has 2 rings (SSSR count). The van der Waals surface area contributed by atoms with Crippen LogP contribution in [0.1, 0.15) is 18.1 Å². The molecular weight excluding hydrogens is 217 g/mol. The van der Waals surface area contributed by atoms with Crippen LogP contribution >= 0.6 is 6.49 Å². The highest BCUT2D eigenvalue weighted by molar-refractivity contribution is 8.10. The molecule has 1 aromatic heterocycles. The molecule has 1 aromatic rings. The molecule has 1 atom stereocenters. The Balaban J connectivity index is 2.36. The predicted octanol–water partition coefficient (Wildman–Crippen LogP) is 2.63. The summed E-state index contributed by atoms with van der Waals surface area (Å²) in [7, 11) is 0. The summed E-state index contributed by atoms with van der Waals surface area (Å²) >= 11 is 5.29. The van der Waals surface area contributed by atoms with Crippen molar-refractivity contribution in [2.45, 2.75) is 20.5 Å². The van der Waals surface area contributed by atoms with E-state index in [1.165, 1.54) is 0 Å². The van der Waals surface area contributed by atoms with Gasteiger partial charge in [0.1, 0.15) is 0 Å². The second-order valence-electron chi connectivity index (χ2n) is 3.27. The molecule has 1 unspecified atom stereocenters. The van der Waals surface area contributed by atoms with Gasteiger partial charge in [-0.25, -0.2) is 4.98 Å². The van der Waals surface area contributed by atoms with E-state index < -0.39 is 6.49 Å². The van der Waals surface area contributed by atoms with E-state index in [2.05, 4.69) is 4.98 Å². The summed E-state index contributed by atoms with van der Waals surface area (Å²) in [5, 5.41) is 0. The molecule has 0 amide bonds. The van der Waals surface area contributed by atoms with Gasteiger partial charge in [0, 0.05) is 17.9 Å². The Labute approximate surface area is 88.6 Å². The fourth-order valence-electron chi connectivity index (χ4n) is 1.28. The first kappa shape index (κ1) is 10.1. The van der Waals surface area contributed by atoms with E-state index in [9.17, 15) is 0 Å². The Bertz CT molecular complexity index is 408. The lowest BCUT2D eigenvalue weighted by molar-refractivity contribution is 0.271. The number of rotatable bonds is 1. The van der Waals surface area contributed by atoms with Gasteiger partial charge in [-0.05, 0) is 30.4 Å². The van der Waals surface area contributed by atoms with Gasteiger partial charge in [-0.3, -0.25) is 0 Å². The van der Waals surface area contributed by atoms with Gasteiger partial charge in [0.15, 0.2) is 0 Å². The number of aryl methyl sites for hydroxylation is 1. The van der Waals surface area contributed by atoms with Crippen molar-refractivity contribution in [2.75, 3.05) is 6.16 Å². The van der Waals surface area contributed by atoms with E-state index in [0.29, 0.717) is 12.5 Å². The van der Waals surface area contributed by atoms with Crippen molar-refractivity contribution in [2.24, 2.45) is 0 Å². The Morgan fingerprint density at radius 3 is 3.14 bits per heavy atom. The van der Waals surface area contributed by atoms with E-state index in [4.69, 9.17) is 20.9 Å². The highest BCUT2D eigenvalue weighted by Gasteiger charge is 2.26. The van der Waals surface area contributed by atoms with Crippen LogP contribution in [0.2, 0.25) is 0 Å². The minimum atomic E-state index is -2.07. The molecule has 5 heteroatoms. The fraction of sp³-hybridized carbons (Fsp3) is 0.444. The summed E-state index contributed by atoms with van der Waals surface area (Å²) in [6.45, 7) is 2.45. The zero-order valence-electron chi connectivity index (χ0n) is 8.19. The summed E-state index contributed by atoms with van der Waals surface area (Å²) < 4.78 is 11.2. The van der Waals surface area contributed by atoms with E-state index in [1.54, 1.807) is 6.20 Å². The molecule has 0 spiro atoms. The summed E-state index contributed by atoms with van der Waals surface area (Å²) in [6.07, 6.45) is 2.54. The molecule has 0 saturated heterocycles. The van der Waals surface area contributed by atoms with Crippen LogP contribution in [0.4, 0.5) is 0 Å². The average molecular weight is 229 g/mol. The predicted molar refractivity (Wildman–Crippen MR) is 59.2 cm³/mol. The summed E-state index contributed by atoms with van der Waals surface area (Å²) in [6, 6.07) is 2.02. The van der Waals surface area contributed by atoms with Crippen molar-refractivity contribution >= 4 is 18.3 Å². The molecule has 0 fully saturated rings. The van der Waals surface area contributed by atoms with Crippen LogP contribution in [0.25, 0.3) is 0 Å². The Kier molecular flexibility index (Phi) is 2.60. The molecule has 76 valence electrons. The molecule has 14 heavy (non-hydrogen) atoms. The largest absolute Gasteiger partial charge is 0.425 e. The highest BCUT2D eigenvalue weighted by atomic mass is 32.5. The third-order valence-corrected chi connectivity index (χ3v) is 5.15. The number of aromatic nitrogens is 1. The molecule has 0 N–H and O–H groups in total. The van der Waals surface area contributed by atoms with Crippen molar-refractivity contribution in [1.29, 1.82) is 0 Å². The lowest BCUT2D eigenvalue weighted by atomic mass is 10.2. The van der Waals surface area contributed by atoms with Crippen molar-refractivity contribution in [1.82, 2.24) is 4.98 Å². The second-order valence-corrected chi connectivity index (χ2v) is 7.23. The standard InChI is InChI=1S/C9H12NO2PS/c1-3-13(14)11-6-8-4-7(2)5-10-9(8)12-13/h4-5H,3,6H2,1-2H3. The Morgan fingerprint density at radius 1 is 1.64 bits per heavy atom. The van der Waals surface area contributed by atoms with Gasteiger partial charge in [0.25, 0.3) is 0 Å². The van der Waals surface area contributed by atoms with Crippen LogP contribution < -0.4 is 4.52 Å². The third-order valence-electron chi connectivity index (χ3n) is 2.09. The molecule has 0 radical (unpaired) electrons. The first-order chi connectivity index (χ1) is 6.63. The van der Waals surface area contributed by atoms with Gasteiger partial charge in [0.2, 0.25) is 12.4 Å². The van der Waals surface area contributed by atoms with Crippen molar-refractivity contribution in [3.8, 4) is 5.88 Å². The monoisotopic (exact) mass is 229 g/mol. The molecule has 1 aliphatic heterocycles. The highest BCUT2D eigenvalue weighted by Crippen LogP contribution is 2.52. The maximum absolute atomic E-state index is 5.62. The van der Waals surface area contributed by atoms with Crippen LogP contribution in [-0.4, -0.2) is 11.1 Å². The number of pyridine rings is 1. The number of fused-ring (bicyclic) bond motifs is 1. The summed E-state index contributed by atoms with van der Waals surface area (Å²) in [5.41, 5.74) is 2.11. The zero-order chi connectivity index (χ0) is 10.2. The maximum atomic E-state index is 5.62. The van der Waals surface area contributed by atoms with Crippen molar-refractivity contribution in [3.05, 3.63) is 23.4 Å². The van der Waals surface area contributed by atoms with Gasteiger partial charge in [-0.1, -0.05) is 6.92 Å². The Morgan fingerprint density at radius 2 is 2.43 bits per heavy atom. The number of hydrogen-bond acceptors (Lipinski definition) is 4. The van der Waals surface area contributed by atoms with Crippen molar-refractivity contribution in [3.63, 3.8) is 0 Å². The molecule has 2 heterocycles. The van der Waals surface area contributed by atoms with E-state index in [-0.39, 0.29) is 0 Å². The minimum absolute atomic E-state index is 0.537. The van der Waals surface area contributed by atoms with E-state index in [0.717, 1.165) is 17.3 Å². The molecule has 3 nitrogen and oxygen atoms in total. The average Bonchev–Trinajstić information content (AvgIpc) is 2.19. The third kappa shape index (κ3) is 1.83. The molecule has 0 bridgehead atoms. The molecule has 0 aromatic carbocycles. The van der Waals surface area contributed by atoms with Crippen LogP contribution in [0.5, 0.6) is 5.88 Å². The fourth-order valence-corrected chi connectivity index (χ4v) is 2.78. The minimum Gasteiger partial charge on any atom is -0.425 e. The van der Waals surface area contributed by atoms with Gasteiger partial charge < -0.3 is 9.05 Å². The van der Waals surface area contributed by atoms with Crippen LogP contribution in [0, 0.1) is 6.92 Å². The molecule has 0 aliphatic carbocycles. The van der Waals surface area contributed by atoms with Gasteiger partial charge >= 0.3 is 0 Å². The molecule has 0 saturated carbocycles. The second kappa shape index (κ2) is 3.61. The lowest BCUT2D eigenvalue weighted by Crippen LogP contribution is -2.10. The van der Waals surface area contributed by atoms with Gasteiger partial charge in [-0.15, -0.1) is 0 Å². The SMILES string of the molecule is CCP1(=S)OCc2cc(C)cnc2O1. The van der Waals surface area contributed by atoms with Crippen LogP contribution in [0.3, 0.4) is 0 Å². The maximum Gasteiger partial charge on any atom is 0.239 e. The summed E-state index contributed by atoms with van der Waals surface area (Å²) in [4.78, 5) is 4.22. The quantitative estimate of drug-likeness (QED) is 0.693. The first-order valence-corrected chi connectivity index (χ1v) is 7.34. The lowest BCUT2D eigenvalue weighted by Gasteiger charge is -2.27. The van der Waals surface area contributed by atoms with Gasteiger partial charge in [-0.2, -0.15) is 0 Å².